The van der Waals surface area contributed by atoms with Gasteiger partial charge in [0.1, 0.15) is 5.82 Å². The van der Waals surface area contributed by atoms with Crippen LogP contribution in [0.1, 0.15) is 5.56 Å². The highest BCUT2D eigenvalue weighted by atomic mass is 15.1. The summed E-state index contributed by atoms with van der Waals surface area (Å²) < 4.78 is 0. The molecule has 0 aliphatic rings. The fraction of sp³-hybridized carbons (Fsp3) is 0.0500. The number of nitrogen functional groups attached to an aromatic ring is 1. The highest BCUT2D eigenvalue weighted by molar-refractivity contribution is 5.99. The second-order valence-corrected chi connectivity index (χ2v) is 6.50. The van der Waals surface area contributed by atoms with Gasteiger partial charge in [0.05, 0.1) is 23.1 Å². The number of benzene rings is 2. The molecule has 0 aliphatic carbocycles. The van der Waals surface area contributed by atoms with Crippen molar-refractivity contribution in [2.75, 3.05) is 16.4 Å². The fourth-order valence-electron chi connectivity index (χ4n) is 3.21. The van der Waals surface area contributed by atoms with E-state index in [1.807, 2.05) is 24.4 Å². The molecule has 0 radical (unpaired) electrons. The summed E-state index contributed by atoms with van der Waals surface area (Å²) in [5, 5.41) is 15.6. The zero-order chi connectivity index (χ0) is 18.9. The number of nitrogens with two attached hydrogens (primary N) is 1. The quantitative estimate of drug-likeness (QED) is 0.300. The van der Waals surface area contributed by atoms with E-state index in [1.54, 1.807) is 12.4 Å². The van der Waals surface area contributed by atoms with E-state index in [0.717, 1.165) is 27.9 Å². The molecule has 28 heavy (non-hydrogen) atoms. The molecule has 0 amide bonds. The summed E-state index contributed by atoms with van der Waals surface area (Å²) in [6, 6.07) is 14.0. The second kappa shape index (κ2) is 6.58. The van der Waals surface area contributed by atoms with E-state index in [-0.39, 0.29) is 0 Å². The summed E-state index contributed by atoms with van der Waals surface area (Å²) in [4.78, 5) is 12.1. The standard InChI is InChI=1S/C20H18N8/c21-15-2-4-17(14-11-25-28-19(14)15)26-20-23-8-6-18(27-20)24-10-12-1-3-16-13(9-12)5-7-22-16/h1-9,11,22H,10,21H2,(H,25,28)(H2,23,24,26,27). The molecular formula is C20H18N8. The van der Waals surface area contributed by atoms with E-state index in [9.17, 15) is 0 Å². The number of hydrogen-bond donors (Lipinski definition) is 5. The van der Waals surface area contributed by atoms with Gasteiger partial charge in [-0.1, -0.05) is 6.07 Å². The first kappa shape index (κ1) is 16.1. The highest BCUT2D eigenvalue weighted by Crippen LogP contribution is 2.28. The van der Waals surface area contributed by atoms with Gasteiger partial charge in [-0.25, -0.2) is 4.98 Å². The van der Waals surface area contributed by atoms with E-state index in [4.69, 9.17) is 5.73 Å². The van der Waals surface area contributed by atoms with Gasteiger partial charge in [0.25, 0.3) is 0 Å². The highest BCUT2D eigenvalue weighted by Gasteiger charge is 2.08. The molecule has 0 saturated carbocycles. The van der Waals surface area contributed by atoms with Crippen LogP contribution in [0, 0.1) is 0 Å². The van der Waals surface area contributed by atoms with E-state index in [0.29, 0.717) is 18.2 Å². The number of nitrogens with zero attached hydrogens (tertiary/aromatic N) is 3. The fourth-order valence-corrected chi connectivity index (χ4v) is 3.21. The number of H-pyrrole nitrogens is 2. The van der Waals surface area contributed by atoms with Crippen molar-refractivity contribution in [1.82, 2.24) is 25.1 Å². The van der Waals surface area contributed by atoms with Crippen LogP contribution in [0.25, 0.3) is 21.8 Å². The van der Waals surface area contributed by atoms with Crippen molar-refractivity contribution in [1.29, 1.82) is 0 Å². The smallest absolute Gasteiger partial charge is 0.229 e. The Hall–Kier alpha value is -4.07. The molecule has 5 rings (SSSR count). The van der Waals surface area contributed by atoms with Gasteiger partial charge in [0.2, 0.25) is 5.95 Å². The number of hydrogen-bond acceptors (Lipinski definition) is 6. The third kappa shape index (κ3) is 2.96. The predicted molar refractivity (Wildman–Crippen MR) is 111 cm³/mol. The average Bonchev–Trinajstić information content (AvgIpc) is 3.38. The number of nitrogens with one attached hydrogen (secondary N) is 4. The van der Waals surface area contributed by atoms with Gasteiger partial charge in [-0.15, -0.1) is 0 Å². The molecule has 6 N–H and O–H groups in total. The van der Waals surface area contributed by atoms with Gasteiger partial charge in [-0.2, -0.15) is 10.1 Å². The number of rotatable bonds is 5. The molecule has 0 aliphatic heterocycles. The molecule has 0 fully saturated rings. The maximum absolute atomic E-state index is 5.97. The lowest BCUT2D eigenvalue weighted by Gasteiger charge is -2.10. The van der Waals surface area contributed by atoms with Gasteiger partial charge < -0.3 is 21.4 Å². The van der Waals surface area contributed by atoms with Crippen LogP contribution in [0.2, 0.25) is 0 Å². The van der Waals surface area contributed by atoms with Gasteiger partial charge >= 0.3 is 0 Å². The summed E-state index contributed by atoms with van der Waals surface area (Å²) in [6.45, 7) is 0.672. The average molecular weight is 370 g/mol. The first-order valence-electron chi connectivity index (χ1n) is 8.88. The molecule has 2 aromatic carbocycles. The van der Waals surface area contributed by atoms with Crippen LogP contribution in [-0.4, -0.2) is 25.1 Å². The number of aromatic nitrogens is 5. The number of aromatic amines is 2. The summed E-state index contributed by atoms with van der Waals surface area (Å²) in [5.74, 6) is 1.24. The van der Waals surface area contributed by atoms with Crippen molar-refractivity contribution in [2.45, 2.75) is 6.54 Å². The van der Waals surface area contributed by atoms with Gasteiger partial charge in [0.15, 0.2) is 0 Å². The molecule has 3 heterocycles. The van der Waals surface area contributed by atoms with E-state index in [2.05, 4.69) is 60.0 Å². The summed E-state index contributed by atoms with van der Waals surface area (Å²) in [7, 11) is 0. The lowest BCUT2D eigenvalue weighted by atomic mass is 10.1. The Morgan fingerprint density at radius 3 is 3.00 bits per heavy atom. The largest absolute Gasteiger partial charge is 0.397 e. The Kier molecular flexibility index (Phi) is 3.79. The van der Waals surface area contributed by atoms with Crippen LogP contribution < -0.4 is 16.4 Å². The zero-order valence-corrected chi connectivity index (χ0v) is 14.9. The number of fused-ring (bicyclic) bond motifs is 2. The third-order valence-electron chi connectivity index (χ3n) is 4.64. The van der Waals surface area contributed by atoms with Crippen LogP contribution in [-0.2, 0) is 6.54 Å². The molecule has 8 nitrogen and oxygen atoms in total. The van der Waals surface area contributed by atoms with Gasteiger partial charge in [0, 0.05) is 29.8 Å². The Morgan fingerprint density at radius 1 is 1.07 bits per heavy atom. The third-order valence-corrected chi connectivity index (χ3v) is 4.64. The SMILES string of the molecule is Nc1ccc(Nc2nccc(NCc3ccc4[nH]ccc4c3)n2)c2cn[nH]c12. The first-order valence-corrected chi connectivity index (χ1v) is 8.88. The minimum absolute atomic E-state index is 0.498. The first-order chi connectivity index (χ1) is 13.8. The number of anilines is 4. The topological polar surface area (TPSA) is 120 Å². The molecule has 0 bridgehead atoms. The Balaban J connectivity index is 1.34. The summed E-state index contributed by atoms with van der Waals surface area (Å²) in [5.41, 5.74) is 10.6. The second-order valence-electron chi connectivity index (χ2n) is 6.50. The van der Waals surface area contributed by atoms with Crippen LogP contribution in [0.3, 0.4) is 0 Å². The molecule has 0 spiro atoms. The minimum atomic E-state index is 0.498. The van der Waals surface area contributed by atoms with Gasteiger partial charge in [-0.3, -0.25) is 5.10 Å². The minimum Gasteiger partial charge on any atom is -0.397 e. The molecular weight excluding hydrogens is 352 g/mol. The van der Waals surface area contributed by atoms with E-state index in [1.165, 1.54) is 10.9 Å². The van der Waals surface area contributed by atoms with Crippen molar-refractivity contribution in [2.24, 2.45) is 0 Å². The van der Waals surface area contributed by atoms with Crippen molar-refractivity contribution < 1.29 is 0 Å². The van der Waals surface area contributed by atoms with Gasteiger partial charge in [-0.05, 0) is 47.3 Å². The summed E-state index contributed by atoms with van der Waals surface area (Å²) >= 11 is 0. The van der Waals surface area contributed by atoms with Crippen molar-refractivity contribution in [3.8, 4) is 0 Å². The normalized spacial score (nSPS) is 11.1. The molecule has 5 aromatic rings. The molecule has 0 saturated heterocycles. The zero-order valence-electron chi connectivity index (χ0n) is 14.9. The maximum atomic E-state index is 5.97. The Bertz CT molecular complexity index is 1270. The molecule has 8 heteroatoms. The van der Waals surface area contributed by atoms with Crippen molar-refractivity contribution in [3.63, 3.8) is 0 Å². The lowest BCUT2D eigenvalue weighted by molar-refractivity contribution is 1.09. The Morgan fingerprint density at radius 2 is 2.04 bits per heavy atom. The van der Waals surface area contributed by atoms with E-state index >= 15 is 0 Å². The monoisotopic (exact) mass is 370 g/mol. The van der Waals surface area contributed by atoms with Crippen LogP contribution >= 0.6 is 0 Å². The Labute approximate surface area is 160 Å². The molecule has 0 unspecified atom stereocenters. The van der Waals surface area contributed by atoms with Crippen LogP contribution in [0.5, 0.6) is 0 Å². The molecule has 0 atom stereocenters. The maximum Gasteiger partial charge on any atom is 0.229 e. The lowest BCUT2D eigenvalue weighted by Crippen LogP contribution is -2.04. The molecule has 138 valence electrons. The van der Waals surface area contributed by atoms with Crippen molar-refractivity contribution >= 4 is 44.9 Å². The van der Waals surface area contributed by atoms with Crippen LogP contribution in [0.4, 0.5) is 23.1 Å². The van der Waals surface area contributed by atoms with Crippen LogP contribution in [0.15, 0.2) is 61.1 Å². The predicted octanol–water partition coefficient (Wildman–Crippen LogP) is 3.77. The van der Waals surface area contributed by atoms with E-state index < -0.39 is 0 Å². The van der Waals surface area contributed by atoms with Crippen molar-refractivity contribution in [3.05, 3.63) is 66.6 Å². The molecule has 3 aromatic heterocycles. The summed E-state index contributed by atoms with van der Waals surface area (Å²) in [6.07, 6.45) is 5.39.